The first-order chi connectivity index (χ1) is 9.15. The van der Waals surface area contributed by atoms with Crippen molar-refractivity contribution in [3.05, 3.63) is 51.0 Å². The molecule has 0 radical (unpaired) electrons. The molecule has 0 saturated carbocycles. The molecule has 0 amide bonds. The van der Waals surface area contributed by atoms with Crippen LogP contribution in [-0.4, -0.2) is 9.97 Å². The molecule has 1 aliphatic carbocycles. The van der Waals surface area contributed by atoms with Gasteiger partial charge in [0.2, 0.25) is 0 Å². The van der Waals surface area contributed by atoms with E-state index in [0.29, 0.717) is 5.82 Å². The number of aromatic amines is 1. The molecule has 1 aliphatic rings. The summed E-state index contributed by atoms with van der Waals surface area (Å²) in [6.07, 6.45) is 3.23. The number of aromatic nitrogens is 2. The lowest BCUT2D eigenvalue weighted by Crippen LogP contribution is -2.14. The van der Waals surface area contributed by atoms with Gasteiger partial charge in [-0.05, 0) is 36.1 Å². The van der Waals surface area contributed by atoms with Crippen LogP contribution in [0.2, 0.25) is 5.02 Å². The number of nitrogens with two attached hydrogens (primary N) is 1. The van der Waals surface area contributed by atoms with Crippen LogP contribution in [0.5, 0.6) is 0 Å². The molecule has 19 heavy (non-hydrogen) atoms. The molecule has 5 nitrogen and oxygen atoms in total. The van der Waals surface area contributed by atoms with Crippen molar-refractivity contribution in [2.75, 3.05) is 11.1 Å². The fourth-order valence-electron chi connectivity index (χ4n) is 2.44. The maximum Gasteiger partial charge on any atom is 0.271 e. The topological polar surface area (TPSA) is 83.8 Å². The maximum absolute atomic E-state index is 11.4. The Morgan fingerprint density at radius 3 is 3.16 bits per heavy atom. The molecular formula is C13H13ClN4O. The number of nitrogens with zero attached hydrogens (tertiary/aromatic N) is 1. The van der Waals surface area contributed by atoms with Gasteiger partial charge in [-0.2, -0.15) is 0 Å². The number of rotatable bonds is 2. The van der Waals surface area contributed by atoms with E-state index in [0.717, 1.165) is 18.5 Å². The predicted molar refractivity (Wildman–Crippen MR) is 75.4 cm³/mol. The highest BCUT2D eigenvalue weighted by atomic mass is 35.5. The molecule has 98 valence electrons. The van der Waals surface area contributed by atoms with Gasteiger partial charge < -0.3 is 16.0 Å². The number of halogens is 1. The number of nitrogens with one attached hydrogen (secondary N) is 2. The third kappa shape index (κ3) is 2.17. The van der Waals surface area contributed by atoms with E-state index in [4.69, 9.17) is 17.3 Å². The Hall–Kier alpha value is -2.01. The van der Waals surface area contributed by atoms with Crippen molar-refractivity contribution in [1.29, 1.82) is 0 Å². The molecule has 0 bridgehead atoms. The van der Waals surface area contributed by atoms with Crippen molar-refractivity contribution in [1.82, 2.24) is 9.97 Å². The van der Waals surface area contributed by atoms with Crippen LogP contribution >= 0.6 is 11.6 Å². The van der Waals surface area contributed by atoms with E-state index < -0.39 is 0 Å². The first-order valence-electron chi connectivity index (χ1n) is 6.03. The minimum atomic E-state index is -0.338. The summed E-state index contributed by atoms with van der Waals surface area (Å²) in [4.78, 5) is 17.9. The summed E-state index contributed by atoms with van der Waals surface area (Å²) in [5.74, 6) is 0.417. The van der Waals surface area contributed by atoms with Crippen LogP contribution in [0, 0.1) is 0 Å². The number of fused-ring (bicyclic) bond motifs is 1. The van der Waals surface area contributed by atoms with Gasteiger partial charge in [0, 0.05) is 5.69 Å². The molecule has 1 aromatic heterocycles. The van der Waals surface area contributed by atoms with E-state index in [1.165, 1.54) is 17.5 Å². The van der Waals surface area contributed by atoms with Crippen molar-refractivity contribution in [3.63, 3.8) is 0 Å². The van der Waals surface area contributed by atoms with Crippen molar-refractivity contribution in [2.24, 2.45) is 0 Å². The lowest BCUT2D eigenvalue weighted by atomic mass is 10.1. The molecule has 0 fully saturated rings. The second-order valence-corrected chi connectivity index (χ2v) is 4.97. The Labute approximate surface area is 114 Å². The standard InChI is InChI=1S/C13H13ClN4O/c14-11-12(16-6-17-13(11)19)18-10-4-1-7-5-8(15)2-3-9(7)10/h2-3,5-6,10H,1,4,15H2,(H2,16,17,18,19). The molecular weight excluding hydrogens is 264 g/mol. The number of H-pyrrole nitrogens is 1. The predicted octanol–water partition coefficient (Wildman–Crippen LogP) is 2.10. The van der Waals surface area contributed by atoms with Crippen LogP contribution in [0.15, 0.2) is 29.3 Å². The minimum absolute atomic E-state index is 0.0893. The van der Waals surface area contributed by atoms with Gasteiger partial charge in [0.25, 0.3) is 5.56 Å². The average Bonchev–Trinajstić information content (AvgIpc) is 2.77. The van der Waals surface area contributed by atoms with E-state index >= 15 is 0 Å². The van der Waals surface area contributed by atoms with Gasteiger partial charge in [0.15, 0.2) is 5.82 Å². The molecule has 1 heterocycles. The smallest absolute Gasteiger partial charge is 0.271 e. The van der Waals surface area contributed by atoms with Gasteiger partial charge in [0.1, 0.15) is 5.02 Å². The number of hydrogen-bond acceptors (Lipinski definition) is 4. The van der Waals surface area contributed by atoms with Gasteiger partial charge >= 0.3 is 0 Å². The second-order valence-electron chi connectivity index (χ2n) is 4.59. The van der Waals surface area contributed by atoms with Crippen LogP contribution in [0.1, 0.15) is 23.6 Å². The number of hydrogen-bond donors (Lipinski definition) is 3. The lowest BCUT2D eigenvalue weighted by Gasteiger charge is -2.15. The third-order valence-corrected chi connectivity index (χ3v) is 3.70. The fraction of sp³-hybridized carbons (Fsp3) is 0.231. The minimum Gasteiger partial charge on any atom is -0.399 e. The molecule has 0 aliphatic heterocycles. The number of aryl methyl sites for hydroxylation is 1. The van der Waals surface area contributed by atoms with E-state index in [2.05, 4.69) is 15.3 Å². The summed E-state index contributed by atoms with van der Waals surface area (Å²) >= 11 is 5.94. The first kappa shape index (κ1) is 12.0. The third-order valence-electron chi connectivity index (χ3n) is 3.35. The van der Waals surface area contributed by atoms with Gasteiger partial charge in [-0.3, -0.25) is 4.79 Å². The normalized spacial score (nSPS) is 17.2. The first-order valence-corrected chi connectivity index (χ1v) is 6.41. The summed E-state index contributed by atoms with van der Waals surface area (Å²) in [7, 11) is 0. The summed E-state index contributed by atoms with van der Waals surface area (Å²) in [5.41, 5.74) is 8.63. The highest BCUT2D eigenvalue weighted by molar-refractivity contribution is 6.32. The largest absolute Gasteiger partial charge is 0.399 e. The van der Waals surface area contributed by atoms with Crippen molar-refractivity contribution >= 4 is 23.1 Å². The average molecular weight is 277 g/mol. The van der Waals surface area contributed by atoms with Gasteiger partial charge in [0.05, 0.1) is 12.4 Å². The van der Waals surface area contributed by atoms with Crippen LogP contribution in [0.3, 0.4) is 0 Å². The van der Waals surface area contributed by atoms with Crippen molar-refractivity contribution in [2.45, 2.75) is 18.9 Å². The number of benzene rings is 1. The molecule has 1 unspecified atom stereocenters. The van der Waals surface area contributed by atoms with Crippen LogP contribution < -0.4 is 16.6 Å². The summed E-state index contributed by atoms with van der Waals surface area (Å²) in [5, 5.41) is 3.31. The Balaban J connectivity index is 1.91. The quantitative estimate of drug-likeness (QED) is 0.734. The van der Waals surface area contributed by atoms with E-state index in [9.17, 15) is 4.79 Å². The molecule has 2 aromatic rings. The molecule has 0 spiro atoms. The van der Waals surface area contributed by atoms with Gasteiger partial charge in [-0.15, -0.1) is 0 Å². The summed E-state index contributed by atoms with van der Waals surface area (Å²) < 4.78 is 0. The highest BCUT2D eigenvalue weighted by Gasteiger charge is 2.23. The zero-order valence-electron chi connectivity index (χ0n) is 10.1. The zero-order chi connectivity index (χ0) is 13.4. The molecule has 4 N–H and O–H groups in total. The maximum atomic E-state index is 11.4. The van der Waals surface area contributed by atoms with Crippen LogP contribution in [0.4, 0.5) is 11.5 Å². The zero-order valence-corrected chi connectivity index (χ0v) is 10.9. The summed E-state index contributed by atoms with van der Waals surface area (Å²) in [6, 6.07) is 5.99. The molecule has 1 atom stereocenters. The van der Waals surface area contributed by atoms with E-state index in [1.54, 1.807) is 0 Å². The Morgan fingerprint density at radius 1 is 1.47 bits per heavy atom. The lowest BCUT2D eigenvalue weighted by molar-refractivity contribution is 0.756. The summed E-state index contributed by atoms with van der Waals surface area (Å²) in [6.45, 7) is 0. The number of anilines is 2. The molecule has 0 saturated heterocycles. The Morgan fingerprint density at radius 2 is 2.32 bits per heavy atom. The van der Waals surface area contributed by atoms with Crippen molar-refractivity contribution < 1.29 is 0 Å². The Kier molecular flexibility index (Phi) is 2.91. The molecule has 1 aromatic carbocycles. The van der Waals surface area contributed by atoms with Gasteiger partial charge in [-0.25, -0.2) is 4.98 Å². The van der Waals surface area contributed by atoms with E-state index in [-0.39, 0.29) is 16.6 Å². The van der Waals surface area contributed by atoms with E-state index in [1.807, 2.05) is 18.2 Å². The van der Waals surface area contributed by atoms with Crippen LogP contribution in [0.25, 0.3) is 0 Å². The fourth-order valence-corrected chi connectivity index (χ4v) is 2.59. The second kappa shape index (κ2) is 4.59. The molecule has 6 heteroatoms. The van der Waals surface area contributed by atoms with Crippen molar-refractivity contribution in [3.8, 4) is 0 Å². The number of nitrogen functional groups attached to an aromatic ring is 1. The van der Waals surface area contributed by atoms with Crippen LogP contribution in [-0.2, 0) is 6.42 Å². The molecule has 3 rings (SSSR count). The van der Waals surface area contributed by atoms with Gasteiger partial charge in [-0.1, -0.05) is 17.7 Å². The Bertz CT molecular complexity index is 683. The highest BCUT2D eigenvalue weighted by Crippen LogP contribution is 2.35. The monoisotopic (exact) mass is 276 g/mol. The SMILES string of the molecule is Nc1ccc2c(c1)CCC2Nc1nc[nH]c(=O)c1Cl.